The van der Waals surface area contributed by atoms with E-state index in [0.717, 1.165) is 5.82 Å². The highest BCUT2D eigenvalue weighted by atomic mass is 32.2. The fourth-order valence-corrected chi connectivity index (χ4v) is 1.60. The second-order valence-corrected chi connectivity index (χ2v) is 3.94. The second kappa shape index (κ2) is 4.40. The first-order chi connectivity index (χ1) is 7.67. The summed E-state index contributed by atoms with van der Waals surface area (Å²) in [6.45, 7) is 0. The lowest BCUT2D eigenvalue weighted by molar-refractivity contribution is 0.771. The molecule has 7 heteroatoms. The number of aryl methyl sites for hydroxylation is 1. The van der Waals surface area contributed by atoms with Crippen molar-refractivity contribution in [3.05, 3.63) is 18.3 Å². The first kappa shape index (κ1) is 10.7. The van der Waals surface area contributed by atoms with Gasteiger partial charge in [0.05, 0.1) is 0 Å². The monoisotopic (exact) mass is 236 g/mol. The molecule has 2 aromatic rings. The van der Waals surface area contributed by atoms with Crippen molar-refractivity contribution in [2.75, 3.05) is 17.3 Å². The van der Waals surface area contributed by atoms with E-state index in [4.69, 9.17) is 5.73 Å². The van der Waals surface area contributed by atoms with E-state index in [-0.39, 0.29) is 0 Å². The predicted molar refractivity (Wildman–Crippen MR) is 64.7 cm³/mol. The average Bonchev–Trinajstić information content (AvgIpc) is 2.63. The van der Waals surface area contributed by atoms with Gasteiger partial charge in [-0.15, -0.1) is 0 Å². The maximum atomic E-state index is 5.66. The van der Waals surface area contributed by atoms with Gasteiger partial charge in [0.15, 0.2) is 11.0 Å². The van der Waals surface area contributed by atoms with Gasteiger partial charge in [0, 0.05) is 25.4 Å². The van der Waals surface area contributed by atoms with Crippen molar-refractivity contribution in [3.8, 4) is 0 Å². The molecule has 0 atom stereocenters. The van der Waals surface area contributed by atoms with Crippen molar-refractivity contribution in [1.82, 2.24) is 19.7 Å². The first-order valence-electron chi connectivity index (χ1n) is 4.62. The Morgan fingerprint density at radius 2 is 2.19 bits per heavy atom. The number of nitrogens with one attached hydrogen (secondary N) is 1. The maximum absolute atomic E-state index is 5.66. The number of rotatable bonds is 3. The molecule has 0 aliphatic heterocycles. The summed E-state index contributed by atoms with van der Waals surface area (Å²) in [5.41, 5.74) is 5.66. The Morgan fingerprint density at radius 3 is 2.81 bits per heavy atom. The summed E-state index contributed by atoms with van der Waals surface area (Å²) in [5.74, 6) is 1.82. The van der Waals surface area contributed by atoms with Crippen molar-refractivity contribution < 1.29 is 0 Å². The minimum atomic E-state index is 0.442. The summed E-state index contributed by atoms with van der Waals surface area (Å²) in [6.07, 6.45) is 3.75. The van der Waals surface area contributed by atoms with E-state index < -0.39 is 0 Å². The van der Waals surface area contributed by atoms with Gasteiger partial charge in [-0.2, -0.15) is 5.10 Å². The van der Waals surface area contributed by atoms with Crippen molar-refractivity contribution >= 4 is 29.2 Å². The highest BCUT2D eigenvalue weighted by Crippen LogP contribution is 2.18. The normalized spacial score (nSPS) is 10.4. The fraction of sp³-hybridized carbons (Fsp3) is 0.222. The van der Waals surface area contributed by atoms with Crippen LogP contribution < -0.4 is 11.1 Å². The molecule has 0 unspecified atom stereocenters. The standard InChI is InChI=1S/C9H12N6S/c1-15-4-3-7(14-15)12-8-5-6(10)11-9(13-8)16-2/h3-5H,1-2H3,(H3,10,11,12,13,14). The van der Waals surface area contributed by atoms with Crippen LogP contribution in [0.5, 0.6) is 0 Å². The molecule has 2 rings (SSSR count). The molecular weight excluding hydrogens is 224 g/mol. The quantitative estimate of drug-likeness (QED) is 0.616. The minimum Gasteiger partial charge on any atom is -0.383 e. The Balaban J connectivity index is 2.24. The van der Waals surface area contributed by atoms with Crippen LogP contribution >= 0.6 is 11.8 Å². The van der Waals surface area contributed by atoms with Crippen molar-refractivity contribution in [2.45, 2.75) is 5.16 Å². The molecule has 0 aromatic carbocycles. The third-order valence-electron chi connectivity index (χ3n) is 1.88. The van der Waals surface area contributed by atoms with Crippen LogP contribution in [0.1, 0.15) is 0 Å². The SMILES string of the molecule is CSc1nc(N)cc(Nc2ccn(C)n2)n1. The van der Waals surface area contributed by atoms with E-state index in [0.29, 0.717) is 16.8 Å². The highest BCUT2D eigenvalue weighted by molar-refractivity contribution is 7.98. The summed E-state index contributed by atoms with van der Waals surface area (Å²) in [4.78, 5) is 8.33. The molecule has 0 spiro atoms. The lowest BCUT2D eigenvalue weighted by atomic mass is 10.5. The molecule has 3 N–H and O–H groups in total. The lowest BCUT2D eigenvalue weighted by Gasteiger charge is -2.04. The summed E-state index contributed by atoms with van der Waals surface area (Å²) in [5, 5.41) is 7.89. The van der Waals surface area contributed by atoms with Gasteiger partial charge in [-0.05, 0) is 6.26 Å². The topological polar surface area (TPSA) is 81.6 Å². The first-order valence-corrected chi connectivity index (χ1v) is 5.85. The fourth-order valence-electron chi connectivity index (χ4n) is 1.21. The van der Waals surface area contributed by atoms with Crippen LogP contribution in [0.15, 0.2) is 23.5 Å². The molecule has 16 heavy (non-hydrogen) atoms. The molecule has 2 heterocycles. The van der Waals surface area contributed by atoms with Crippen LogP contribution in [0, 0.1) is 0 Å². The Labute approximate surface area is 97.3 Å². The lowest BCUT2D eigenvalue weighted by Crippen LogP contribution is -2.00. The molecule has 0 bridgehead atoms. The van der Waals surface area contributed by atoms with Crippen molar-refractivity contribution in [2.24, 2.45) is 7.05 Å². The Hall–Kier alpha value is -1.76. The molecule has 0 aliphatic rings. The average molecular weight is 236 g/mol. The number of aromatic nitrogens is 4. The number of hydrogen-bond acceptors (Lipinski definition) is 6. The molecular formula is C9H12N6S. The summed E-state index contributed by atoms with van der Waals surface area (Å²) in [7, 11) is 1.85. The van der Waals surface area contributed by atoms with Crippen molar-refractivity contribution in [3.63, 3.8) is 0 Å². The Morgan fingerprint density at radius 1 is 1.38 bits per heavy atom. The van der Waals surface area contributed by atoms with Crippen LogP contribution in [0.2, 0.25) is 0 Å². The van der Waals surface area contributed by atoms with Gasteiger partial charge >= 0.3 is 0 Å². The van der Waals surface area contributed by atoms with Crippen LogP contribution in [-0.2, 0) is 7.05 Å². The molecule has 0 amide bonds. The number of anilines is 3. The van der Waals surface area contributed by atoms with E-state index >= 15 is 0 Å². The van der Waals surface area contributed by atoms with Gasteiger partial charge in [-0.3, -0.25) is 4.68 Å². The van der Waals surface area contributed by atoms with Gasteiger partial charge in [0.1, 0.15) is 11.6 Å². The van der Waals surface area contributed by atoms with E-state index in [1.807, 2.05) is 25.6 Å². The predicted octanol–water partition coefficient (Wildman–Crippen LogP) is 1.26. The molecule has 0 radical (unpaired) electrons. The number of nitrogens with two attached hydrogens (primary N) is 1. The summed E-state index contributed by atoms with van der Waals surface area (Å²) >= 11 is 1.45. The third-order valence-corrected chi connectivity index (χ3v) is 2.43. The molecule has 0 saturated heterocycles. The largest absolute Gasteiger partial charge is 0.383 e. The highest BCUT2D eigenvalue weighted by Gasteiger charge is 2.03. The zero-order valence-corrected chi connectivity index (χ0v) is 9.82. The van der Waals surface area contributed by atoms with Gasteiger partial charge in [0.25, 0.3) is 0 Å². The number of hydrogen-bond donors (Lipinski definition) is 2. The third kappa shape index (κ3) is 2.43. The zero-order valence-electron chi connectivity index (χ0n) is 9.01. The van der Waals surface area contributed by atoms with Crippen LogP contribution in [0.25, 0.3) is 0 Å². The minimum absolute atomic E-state index is 0.442. The van der Waals surface area contributed by atoms with Crippen LogP contribution in [0.4, 0.5) is 17.5 Å². The van der Waals surface area contributed by atoms with Gasteiger partial charge < -0.3 is 11.1 Å². The van der Waals surface area contributed by atoms with Crippen LogP contribution in [0.3, 0.4) is 0 Å². The molecule has 2 aromatic heterocycles. The number of thioether (sulfide) groups is 1. The van der Waals surface area contributed by atoms with E-state index in [1.54, 1.807) is 10.7 Å². The second-order valence-electron chi connectivity index (χ2n) is 3.16. The summed E-state index contributed by atoms with van der Waals surface area (Å²) in [6, 6.07) is 3.53. The van der Waals surface area contributed by atoms with Crippen LogP contribution in [-0.4, -0.2) is 26.0 Å². The van der Waals surface area contributed by atoms with Gasteiger partial charge in [-0.1, -0.05) is 11.8 Å². The number of nitrogen functional groups attached to an aromatic ring is 1. The zero-order chi connectivity index (χ0) is 11.5. The van der Waals surface area contributed by atoms with E-state index in [9.17, 15) is 0 Å². The van der Waals surface area contributed by atoms with Gasteiger partial charge in [0.2, 0.25) is 0 Å². The molecule has 0 fully saturated rings. The van der Waals surface area contributed by atoms with Crippen molar-refractivity contribution in [1.29, 1.82) is 0 Å². The van der Waals surface area contributed by atoms with E-state index in [1.165, 1.54) is 11.8 Å². The maximum Gasteiger partial charge on any atom is 0.191 e. The summed E-state index contributed by atoms with van der Waals surface area (Å²) < 4.78 is 1.71. The van der Waals surface area contributed by atoms with Gasteiger partial charge in [-0.25, -0.2) is 9.97 Å². The molecule has 0 saturated carbocycles. The Kier molecular flexibility index (Phi) is 2.95. The number of nitrogens with zero attached hydrogens (tertiary/aromatic N) is 4. The smallest absolute Gasteiger partial charge is 0.191 e. The Bertz CT molecular complexity index is 494. The molecule has 84 valence electrons. The molecule has 0 aliphatic carbocycles. The van der Waals surface area contributed by atoms with E-state index in [2.05, 4.69) is 20.4 Å². The molecule has 6 nitrogen and oxygen atoms in total.